The van der Waals surface area contributed by atoms with E-state index in [1.807, 2.05) is 44.2 Å². The largest absolute Gasteiger partial charge is 0.445 e. The van der Waals surface area contributed by atoms with Crippen molar-refractivity contribution < 1.29 is 23.8 Å². The molecule has 0 aromatic heterocycles. The van der Waals surface area contributed by atoms with Crippen LogP contribution in [0.2, 0.25) is 0 Å². The second kappa shape index (κ2) is 10.3. The van der Waals surface area contributed by atoms with Gasteiger partial charge in [-0.05, 0) is 24.3 Å². The number of hydrogen-bond donors (Lipinski definition) is 1. The molecule has 2 rings (SSSR count). The zero-order valence-electron chi connectivity index (χ0n) is 16.5. The van der Waals surface area contributed by atoms with E-state index in [-0.39, 0.29) is 24.5 Å². The van der Waals surface area contributed by atoms with Crippen LogP contribution in [0.1, 0.15) is 32.3 Å². The zero-order chi connectivity index (χ0) is 19.8. The monoisotopic (exact) mass is 378 g/mol. The molecule has 1 fully saturated rings. The third-order valence-electron chi connectivity index (χ3n) is 4.78. The maximum Gasteiger partial charge on any atom is 0.410 e. The molecule has 1 heterocycles. The van der Waals surface area contributed by atoms with Gasteiger partial charge in [0, 0.05) is 20.8 Å². The number of likely N-dealkylation sites (tertiary alicyclic amines) is 1. The second-order valence-corrected chi connectivity index (χ2v) is 7.01. The summed E-state index contributed by atoms with van der Waals surface area (Å²) in [5.74, 6) is -0.0966. The van der Waals surface area contributed by atoms with Gasteiger partial charge in [-0.2, -0.15) is 0 Å². The molecular weight excluding hydrogens is 348 g/mol. The van der Waals surface area contributed by atoms with E-state index >= 15 is 0 Å². The van der Waals surface area contributed by atoms with Crippen molar-refractivity contribution in [3.8, 4) is 0 Å². The van der Waals surface area contributed by atoms with Crippen LogP contribution in [0.5, 0.6) is 0 Å². The molecule has 0 aliphatic carbocycles. The molecule has 1 aliphatic rings. The van der Waals surface area contributed by atoms with E-state index in [0.29, 0.717) is 13.0 Å². The lowest BCUT2D eigenvalue weighted by molar-refractivity contribution is -0.144. The van der Waals surface area contributed by atoms with Gasteiger partial charge < -0.3 is 19.5 Å². The van der Waals surface area contributed by atoms with E-state index < -0.39 is 18.4 Å². The van der Waals surface area contributed by atoms with Crippen LogP contribution in [-0.4, -0.2) is 56.0 Å². The molecule has 0 saturated carbocycles. The van der Waals surface area contributed by atoms with E-state index in [1.54, 1.807) is 14.2 Å². The van der Waals surface area contributed by atoms with Crippen LogP contribution in [0.25, 0.3) is 0 Å². The summed E-state index contributed by atoms with van der Waals surface area (Å²) in [6.45, 7) is 4.66. The number of ether oxygens (including phenoxy) is 3. The fraction of sp³-hybridized carbons (Fsp3) is 0.600. The number of carbonyl (C=O) groups excluding carboxylic acids is 2. The average Bonchev–Trinajstić information content (AvgIpc) is 3.17. The van der Waals surface area contributed by atoms with E-state index in [1.165, 1.54) is 4.90 Å². The van der Waals surface area contributed by atoms with Crippen molar-refractivity contribution in [2.24, 2.45) is 5.92 Å². The number of nitrogens with zero attached hydrogens (tertiary/aromatic N) is 1. The molecule has 150 valence electrons. The molecule has 1 saturated heterocycles. The molecular formula is C20H30N2O5. The Balaban J connectivity index is 1.97. The predicted octanol–water partition coefficient (Wildman–Crippen LogP) is 2.55. The fourth-order valence-corrected chi connectivity index (χ4v) is 3.26. The number of amides is 2. The normalized spacial score (nSPS) is 18.0. The second-order valence-electron chi connectivity index (χ2n) is 7.01. The summed E-state index contributed by atoms with van der Waals surface area (Å²) in [5, 5.41) is 2.98. The maximum atomic E-state index is 12.8. The van der Waals surface area contributed by atoms with Crippen molar-refractivity contribution in [2.45, 2.75) is 51.7 Å². The molecule has 1 aromatic rings. The molecule has 7 heteroatoms. The Morgan fingerprint density at radius 3 is 2.44 bits per heavy atom. The summed E-state index contributed by atoms with van der Waals surface area (Å²) >= 11 is 0. The Hall–Kier alpha value is -2.12. The minimum absolute atomic E-state index is 0.110. The molecule has 0 spiro atoms. The van der Waals surface area contributed by atoms with Crippen molar-refractivity contribution >= 4 is 12.0 Å². The van der Waals surface area contributed by atoms with Crippen LogP contribution in [0.3, 0.4) is 0 Å². The van der Waals surface area contributed by atoms with Gasteiger partial charge >= 0.3 is 6.09 Å². The molecule has 1 aromatic carbocycles. The van der Waals surface area contributed by atoms with Gasteiger partial charge in [0.25, 0.3) is 0 Å². The summed E-state index contributed by atoms with van der Waals surface area (Å²) < 4.78 is 16.0. The van der Waals surface area contributed by atoms with Gasteiger partial charge in [0.15, 0.2) is 6.29 Å². The molecule has 27 heavy (non-hydrogen) atoms. The Labute approximate surface area is 161 Å². The van der Waals surface area contributed by atoms with Crippen LogP contribution in [0.15, 0.2) is 30.3 Å². The topological polar surface area (TPSA) is 77.1 Å². The Morgan fingerprint density at radius 1 is 1.19 bits per heavy atom. The number of hydrogen-bond acceptors (Lipinski definition) is 5. The minimum Gasteiger partial charge on any atom is -0.445 e. The predicted molar refractivity (Wildman–Crippen MR) is 101 cm³/mol. The number of rotatable bonds is 8. The highest BCUT2D eigenvalue weighted by Crippen LogP contribution is 2.20. The van der Waals surface area contributed by atoms with Crippen molar-refractivity contribution in [1.82, 2.24) is 10.2 Å². The zero-order valence-corrected chi connectivity index (χ0v) is 16.5. The molecule has 0 radical (unpaired) electrons. The van der Waals surface area contributed by atoms with Crippen LogP contribution >= 0.6 is 0 Å². The first-order chi connectivity index (χ1) is 13.0. The summed E-state index contributed by atoms with van der Waals surface area (Å²) in [4.78, 5) is 26.8. The van der Waals surface area contributed by atoms with Gasteiger partial charge in [-0.1, -0.05) is 44.2 Å². The van der Waals surface area contributed by atoms with Gasteiger partial charge in [-0.3, -0.25) is 9.69 Å². The molecule has 2 amide bonds. The van der Waals surface area contributed by atoms with Gasteiger partial charge in [0.1, 0.15) is 12.6 Å². The lowest BCUT2D eigenvalue weighted by Gasteiger charge is -2.31. The molecule has 2 atom stereocenters. The summed E-state index contributed by atoms with van der Waals surface area (Å²) in [7, 11) is 3.08. The van der Waals surface area contributed by atoms with Gasteiger partial charge in [0.05, 0.1) is 6.04 Å². The standard InChI is InChI=1S/C20H30N2O5/c1-14(2)17(19(25-3)26-4)21-18(23)16-11-8-12-22(16)20(24)27-13-15-9-6-5-7-10-15/h5-7,9-10,14,16-17,19H,8,11-13H2,1-4H3,(H,21,23)/t16-,17-/m0/s1. The highest BCUT2D eigenvalue weighted by molar-refractivity contribution is 5.86. The SMILES string of the molecule is COC(OC)[C@@H](NC(=O)[C@@H]1CCCN1C(=O)OCc1ccccc1)C(C)C. The number of methoxy groups -OCH3 is 2. The van der Waals surface area contributed by atoms with Crippen molar-refractivity contribution in [2.75, 3.05) is 20.8 Å². The molecule has 1 N–H and O–H groups in total. The lowest BCUT2D eigenvalue weighted by Crippen LogP contribution is -2.54. The van der Waals surface area contributed by atoms with E-state index in [9.17, 15) is 9.59 Å². The summed E-state index contributed by atoms with van der Waals surface area (Å²) in [5.41, 5.74) is 0.911. The van der Waals surface area contributed by atoms with E-state index in [4.69, 9.17) is 14.2 Å². The van der Waals surface area contributed by atoms with Crippen molar-refractivity contribution in [1.29, 1.82) is 0 Å². The number of benzene rings is 1. The average molecular weight is 378 g/mol. The first kappa shape index (κ1) is 21.2. The van der Waals surface area contributed by atoms with Crippen molar-refractivity contribution in [3.63, 3.8) is 0 Å². The Bertz CT molecular complexity index is 604. The lowest BCUT2D eigenvalue weighted by atomic mass is 10.0. The fourth-order valence-electron chi connectivity index (χ4n) is 3.26. The quantitative estimate of drug-likeness (QED) is 0.704. The van der Waals surface area contributed by atoms with Crippen LogP contribution < -0.4 is 5.32 Å². The van der Waals surface area contributed by atoms with Crippen LogP contribution in [0, 0.1) is 5.92 Å². The van der Waals surface area contributed by atoms with Gasteiger partial charge in [-0.25, -0.2) is 4.79 Å². The smallest absolute Gasteiger partial charge is 0.410 e. The Kier molecular flexibility index (Phi) is 8.06. The molecule has 0 bridgehead atoms. The third kappa shape index (κ3) is 5.68. The number of carbonyl (C=O) groups is 2. The van der Waals surface area contributed by atoms with Crippen molar-refractivity contribution in [3.05, 3.63) is 35.9 Å². The third-order valence-corrected chi connectivity index (χ3v) is 4.78. The number of nitrogens with one attached hydrogen (secondary N) is 1. The minimum atomic E-state index is -0.547. The molecule has 0 unspecified atom stereocenters. The highest BCUT2D eigenvalue weighted by atomic mass is 16.7. The van der Waals surface area contributed by atoms with Crippen LogP contribution in [-0.2, 0) is 25.6 Å². The van der Waals surface area contributed by atoms with E-state index in [2.05, 4.69) is 5.32 Å². The molecule has 1 aliphatic heterocycles. The van der Waals surface area contributed by atoms with Gasteiger partial charge in [0.2, 0.25) is 5.91 Å². The van der Waals surface area contributed by atoms with E-state index in [0.717, 1.165) is 12.0 Å². The van der Waals surface area contributed by atoms with Gasteiger partial charge in [-0.15, -0.1) is 0 Å². The summed E-state index contributed by atoms with van der Waals surface area (Å²) in [6.07, 6.45) is 0.367. The van der Waals surface area contributed by atoms with Crippen LogP contribution in [0.4, 0.5) is 4.79 Å². The molecule has 7 nitrogen and oxygen atoms in total. The first-order valence-corrected chi connectivity index (χ1v) is 9.31. The highest BCUT2D eigenvalue weighted by Gasteiger charge is 2.37. The maximum absolute atomic E-state index is 12.8. The summed E-state index contributed by atoms with van der Waals surface area (Å²) in [6, 6.07) is 8.63. The first-order valence-electron chi connectivity index (χ1n) is 9.31. The Morgan fingerprint density at radius 2 is 1.85 bits per heavy atom.